The predicted octanol–water partition coefficient (Wildman–Crippen LogP) is 2.94. The van der Waals surface area contributed by atoms with Gasteiger partial charge < -0.3 is 9.64 Å². The molecule has 1 aliphatic rings. The molecule has 1 fully saturated rings. The highest BCUT2D eigenvalue weighted by atomic mass is 16.5. The maximum absolute atomic E-state index is 13.0. The van der Waals surface area contributed by atoms with Gasteiger partial charge in [-0.2, -0.15) is 15.4 Å². The van der Waals surface area contributed by atoms with E-state index in [0.29, 0.717) is 11.1 Å². The summed E-state index contributed by atoms with van der Waals surface area (Å²) >= 11 is 0. The highest BCUT2D eigenvalue weighted by Gasteiger charge is 2.31. The first-order chi connectivity index (χ1) is 11.8. The number of H-pyrrole nitrogens is 1. The smallest absolute Gasteiger partial charge is 0.254 e. The Morgan fingerprint density at radius 3 is 2.96 bits per heavy atom. The number of nitrogens with zero attached hydrogens (tertiary/aromatic N) is 3. The molecule has 1 N–H and O–H groups in total. The summed E-state index contributed by atoms with van der Waals surface area (Å²) in [6, 6.07) is 13.5. The molecule has 1 atom stereocenters. The number of carbonyl (C=O) groups excluding carboxylic acids is 1. The van der Waals surface area contributed by atoms with E-state index in [1.807, 2.05) is 35.2 Å². The molecule has 0 aliphatic carbocycles. The van der Waals surface area contributed by atoms with Gasteiger partial charge in [0, 0.05) is 12.1 Å². The number of hydrogen-bond donors (Lipinski definition) is 1. The van der Waals surface area contributed by atoms with Crippen LogP contribution in [0.15, 0.2) is 42.5 Å². The zero-order chi connectivity index (χ0) is 16.5. The van der Waals surface area contributed by atoms with Crippen LogP contribution >= 0.6 is 0 Å². The van der Waals surface area contributed by atoms with E-state index in [4.69, 9.17) is 4.74 Å². The Labute approximate surface area is 139 Å². The van der Waals surface area contributed by atoms with E-state index in [-0.39, 0.29) is 11.9 Å². The predicted molar refractivity (Wildman–Crippen MR) is 89.9 cm³/mol. The van der Waals surface area contributed by atoms with Gasteiger partial charge in [0.15, 0.2) is 0 Å². The van der Waals surface area contributed by atoms with Crippen LogP contribution in [0.3, 0.4) is 0 Å². The first-order valence-electron chi connectivity index (χ1n) is 8.02. The van der Waals surface area contributed by atoms with Crippen molar-refractivity contribution in [2.75, 3.05) is 13.7 Å². The molecule has 1 amide bonds. The van der Waals surface area contributed by atoms with Crippen LogP contribution in [0.4, 0.5) is 0 Å². The van der Waals surface area contributed by atoms with E-state index >= 15 is 0 Å². The zero-order valence-corrected chi connectivity index (χ0v) is 13.4. The second-order valence-electron chi connectivity index (χ2n) is 5.96. The van der Waals surface area contributed by atoms with E-state index < -0.39 is 0 Å². The lowest BCUT2D eigenvalue weighted by molar-refractivity contribution is 0.0735. The van der Waals surface area contributed by atoms with Crippen molar-refractivity contribution in [3.8, 4) is 5.75 Å². The summed E-state index contributed by atoms with van der Waals surface area (Å²) in [7, 11) is 1.66. The molecular weight excluding hydrogens is 304 g/mol. The van der Waals surface area contributed by atoms with E-state index in [1.165, 1.54) is 0 Å². The van der Waals surface area contributed by atoms with E-state index in [0.717, 1.165) is 36.2 Å². The minimum atomic E-state index is 0.0326. The standard InChI is InChI=1S/C18H18N4O2/c1-24-14-5-2-4-12(10-14)17-6-3-9-22(17)18(23)13-7-8-15-16(11-13)20-21-19-15/h2,4-5,7-8,10-11,17H,3,6,9H2,1H3,(H,19,20,21)/t17-/m0/s1. The van der Waals surface area contributed by atoms with Crippen molar-refractivity contribution in [3.63, 3.8) is 0 Å². The van der Waals surface area contributed by atoms with Gasteiger partial charge in [-0.3, -0.25) is 4.79 Å². The number of fused-ring (bicyclic) bond motifs is 1. The number of amides is 1. The molecular formula is C18H18N4O2. The molecule has 0 bridgehead atoms. The number of carbonyl (C=O) groups is 1. The van der Waals surface area contributed by atoms with Crippen LogP contribution in [0.2, 0.25) is 0 Å². The topological polar surface area (TPSA) is 71.1 Å². The molecule has 6 nitrogen and oxygen atoms in total. The number of nitrogens with one attached hydrogen (secondary N) is 1. The summed E-state index contributed by atoms with van der Waals surface area (Å²) < 4.78 is 5.31. The quantitative estimate of drug-likeness (QED) is 0.805. The molecule has 1 aromatic heterocycles. The fourth-order valence-corrected chi connectivity index (χ4v) is 3.34. The Morgan fingerprint density at radius 1 is 1.21 bits per heavy atom. The Hall–Kier alpha value is -2.89. The Bertz CT molecular complexity index is 889. The number of hydrogen-bond acceptors (Lipinski definition) is 4. The summed E-state index contributed by atoms with van der Waals surface area (Å²) in [5, 5.41) is 10.7. The van der Waals surface area contributed by atoms with Gasteiger partial charge in [-0.15, -0.1) is 0 Å². The number of likely N-dealkylation sites (tertiary alicyclic amines) is 1. The normalized spacial score (nSPS) is 17.4. The number of benzene rings is 2. The van der Waals surface area contributed by atoms with Crippen LogP contribution in [0.1, 0.15) is 34.8 Å². The van der Waals surface area contributed by atoms with Crippen molar-refractivity contribution < 1.29 is 9.53 Å². The van der Waals surface area contributed by atoms with Crippen molar-refractivity contribution >= 4 is 16.9 Å². The van der Waals surface area contributed by atoms with Crippen molar-refractivity contribution in [2.45, 2.75) is 18.9 Å². The maximum atomic E-state index is 13.0. The summed E-state index contributed by atoms with van der Waals surface area (Å²) in [5.74, 6) is 0.848. The largest absolute Gasteiger partial charge is 0.497 e. The Morgan fingerprint density at radius 2 is 2.08 bits per heavy atom. The first kappa shape index (κ1) is 14.7. The molecule has 1 saturated heterocycles. The van der Waals surface area contributed by atoms with Gasteiger partial charge in [-0.1, -0.05) is 12.1 Å². The second kappa shape index (κ2) is 5.96. The van der Waals surface area contributed by atoms with Crippen LogP contribution in [0.5, 0.6) is 5.75 Å². The maximum Gasteiger partial charge on any atom is 0.254 e. The third-order valence-electron chi connectivity index (χ3n) is 4.56. The number of aromatic nitrogens is 3. The summed E-state index contributed by atoms with van der Waals surface area (Å²) in [6.45, 7) is 0.761. The molecule has 1 aliphatic heterocycles. The number of rotatable bonds is 3. The van der Waals surface area contributed by atoms with Gasteiger partial charge in [0.2, 0.25) is 0 Å². The van der Waals surface area contributed by atoms with Gasteiger partial charge in [0.05, 0.1) is 13.2 Å². The minimum Gasteiger partial charge on any atom is -0.497 e. The lowest BCUT2D eigenvalue weighted by Crippen LogP contribution is -2.30. The van der Waals surface area contributed by atoms with E-state index in [1.54, 1.807) is 13.2 Å². The summed E-state index contributed by atoms with van der Waals surface area (Å²) in [5.41, 5.74) is 3.23. The fourth-order valence-electron chi connectivity index (χ4n) is 3.34. The third kappa shape index (κ3) is 2.50. The Balaban J connectivity index is 1.64. The molecule has 24 heavy (non-hydrogen) atoms. The third-order valence-corrected chi connectivity index (χ3v) is 4.56. The SMILES string of the molecule is COc1cccc([C@@H]2CCCN2C(=O)c2ccc3n[nH]nc3c2)c1. The van der Waals surface area contributed by atoms with Gasteiger partial charge >= 0.3 is 0 Å². The fraction of sp³-hybridized carbons (Fsp3) is 0.278. The van der Waals surface area contributed by atoms with Crippen molar-refractivity contribution in [1.29, 1.82) is 0 Å². The molecule has 122 valence electrons. The average molecular weight is 322 g/mol. The molecule has 3 aromatic rings. The van der Waals surface area contributed by atoms with Gasteiger partial charge in [0.1, 0.15) is 16.8 Å². The molecule has 0 unspecified atom stereocenters. The van der Waals surface area contributed by atoms with E-state index in [2.05, 4.69) is 21.5 Å². The highest BCUT2D eigenvalue weighted by Crippen LogP contribution is 2.34. The molecule has 6 heteroatoms. The summed E-state index contributed by atoms with van der Waals surface area (Å²) in [4.78, 5) is 14.9. The van der Waals surface area contributed by atoms with Crippen molar-refractivity contribution in [3.05, 3.63) is 53.6 Å². The molecule has 0 spiro atoms. The van der Waals surface area contributed by atoms with Crippen LogP contribution in [-0.2, 0) is 0 Å². The van der Waals surface area contributed by atoms with Crippen LogP contribution in [0.25, 0.3) is 11.0 Å². The number of aromatic amines is 1. The van der Waals surface area contributed by atoms with Crippen LogP contribution in [0, 0.1) is 0 Å². The molecule has 4 rings (SSSR count). The molecule has 0 saturated carbocycles. The van der Waals surface area contributed by atoms with Crippen LogP contribution < -0.4 is 4.74 Å². The zero-order valence-electron chi connectivity index (χ0n) is 13.4. The average Bonchev–Trinajstić information content (AvgIpc) is 3.29. The van der Waals surface area contributed by atoms with E-state index in [9.17, 15) is 4.79 Å². The van der Waals surface area contributed by atoms with Crippen LogP contribution in [-0.4, -0.2) is 39.9 Å². The second-order valence-corrected chi connectivity index (χ2v) is 5.96. The molecule has 2 aromatic carbocycles. The monoisotopic (exact) mass is 322 g/mol. The van der Waals surface area contributed by atoms with Gasteiger partial charge in [-0.25, -0.2) is 0 Å². The van der Waals surface area contributed by atoms with Crippen molar-refractivity contribution in [2.24, 2.45) is 0 Å². The van der Waals surface area contributed by atoms with Gasteiger partial charge in [-0.05, 0) is 48.7 Å². The summed E-state index contributed by atoms with van der Waals surface area (Å²) in [6.07, 6.45) is 1.96. The van der Waals surface area contributed by atoms with Crippen molar-refractivity contribution in [1.82, 2.24) is 20.3 Å². The lowest BCUT2D eigenvalue weighted by Gasteiger charge is -2.25. The first-order valence-corrected chi connectivity index (χ1v) is 8.02. The molecule has 2 heterocycles. The lowest BCUT2D eigenvalue weighted by atomic mass is 10.0. The minimum absolute atomic E-state index is 0.0326. The number of methoxy groups -OCH3 is 1. The van der Waals surface area contributed by atoms with Gasteiger partial charge in [0.25, 0.3) is 5.91 Å². The molecule has 0 radical (unpaired) electrons. The Kier molecular flexibility index (Phi) is 3.65. The number of ether oxygens (including phenoxy) is 1. The highest BCUT2D eigenvalue weighted by molar-refractivity contribution is 5.97.